The number of thiazole rings is 1. The minimum Gasteiger partial charge on any atom is -0.454 e. The van der Waals surface area contributed by atoms with Gasteiger partial charge >= 0.3 is 0 Å². The lowest BCUT2D eigenvalue weighted by atomic mass is 10.2. The molecule has 1 aromatic carbocycles. The first-order valence-electron chi connectivity index (χ1n) is 6.19. The summed E-state index contributed by atoms with van der Waals surface area (Å²) in [7, 11) is 0. The third kappa shape index (κ3) is 2.04. The number of hydrogen-bond acceptors (Lipinski definition) is 5. The van der Waals surface area contributed by atoms with Crippen molar-refractivity contribution in [2.75, 3.05) is 6.79 Å². The van der Waals surface area contributed by atoms with Crippen LogP contribution in [0.3, 0.4) is 0 Å². The zero-order chi connectivity index (χ0) is 13.4. The lowest BCUT2D eigenvalue weighted by Gasteiger charge is -2.00. The van der Waals surface area contributed by atoms with Crippen LogP contribution in [0.4, 0.5) is 0 Å². The van der Waals surface area contributed by atoms with E-state index >= 15 is 0 Å². The van der Waals surface area contributed by atoms with Crippen molar-refractivity contribution in [2.45, 2.75) is 6.54 Å². The van der Waals surface area contributed by atoms with E-state index in [2.05, 4.69) is 15.3 Å². The van der Waals surface area contributed by atoms with E-state index in [1.807, 2.05) is 29.0 Å². The maximum Gasteiger partial charge on any atom is 0.231 e. The highest BCUT2D eigenvalue weighted by Gasteiger charge is 2.15. The zero-order valence-corrected chi connectivity index (χ0v) is 11.3. The Hall–Kier alpha value is -2.34. The zero-order valence-electron chi connectivity index (χ0n) is 10.5. The smallest absolute Gasteiger partial charge is 0.231 e. The number of hydrogen-bond donors (Lipinski definition) is 0. The van der Waals surface area contributed by atoms with Gasteiger partial charge < -0.3 is 14.0 Å². The summed E-state index contributed by atoms with van der Waals surface area (Å²) in [6.45, 7) is 1.03. The van der Waals surface area contributed by atoms with Gasteiger partial charge in [0.25, 0.3) is 0 Å². The quantitative estimate of drug-likeness (QED) is 0.742. The van der Waals surface area contributed by atoms with E-state index in [0.717, 1.165) is 34.3 Å². The third-order valence-electron chi connectivity index (χ3n) is 3.08. The number of ether oxygens (including phenoxy) is 2. The minimum atomic E-state index is 0.294. The molecule has 0 saturated carbocycles. The monoisotopic (exact) mass is 285 g/mol. The molecule has 0 N–H and O–H groups in total. The summed E-state index contributed by atoms with van der Waals surface area (Å²) >= 11 is 1.63. The Kier molecular flexibility index (Phi) is 2.67. The number of aromatic nitrogens is 3. The number of benzene rings is 1. The van der Waals surface area contributed by atoms with Gasteiger partial charge in [0.2, 0.25) is 6.79 Å². The Morgan fingerprint density at radius 1 is 1.25 bits per heavy atom. The van der Waals surface area contributed by atoms with Crippen molar-refractivity contribution in [3.8, 4) is 22.1 Å². The van der Waals surface area contributed by atoms with Crippen molar-refractivity contribution < 1.29 is 9.47 Å². The van der Waals surface area contributed by atoms with E-state index < -0.39 is 0 Å². The second kappa shape index (κ2) is 4.64. The molecule has 0 unspecified atom stereocenters. The summed E-state index contributed by atoms with van der Waals surface area (Å²) in [6.07, 6.45) is 5.49. The topological polar surface area (TPSA) is 49.2 Å². The first kappa shape index (κ1) is 11.5. The molecule has 100 valence electrons. The molecule has 1 aliphatic rings. The lowest BCUT2D eigenvalue weighted by molar-refractivity contribution is 0.174. The molecule has 0 amide bonds. The van der Waals surface area contributed by atoms with Crippen LogP contribution in [0.15, 0.2) is 42.3 Å². The molecule has 0 atom stereocenters. The summed E-state index contributed by atoms with van der Waals surface area (Å²) in [4.78, 5) is 8.69. The fourth-order valence-corrected chi connectivity index (χ4v) is 2.92. The van der Waals surface area contributed by atoms with Crippen LogP contribution in [0, 0.1) is 0 Å². The minimum absolute atomic E-state index is 0.294. The van der Waals surface area contributed by atoms with E-state index in [0.29, 0.717) is 6.79 Å². The molecule has 0 aliphatic carbocycles. The second-order valence-electron chi connectivity index (χ2n) is 4.45. The van der Waals surface area contributed by atoms with Gasteiger partial charge in [-0.25, -0.2) is 9.97 Å². The summed E-state index contributed by atoms with van der Waals surface area (Å²) in [5.74, 6) is 1.58. The average Bonchev–Trinajstić information content (AvgIpc) is 3.19. The molecular weight excluding hydrogens is 274 g/mol. The van der Waals surface area contributed by atoms with Crippen molar-refractivity contribution in [1.82, 2.24) is 14.5 Å². The SMILES string of the molecule is c1cn(Cc2csc(-c3ccc4c(c3)OCO4)n2)cn1. The molecule has 5 nitrogen and oxygen atoms in total. The van der Waals surface area contributed by atoms with Gasteiger partial charge in [-0.15, -0.1) is 11.3 Å². The van der Waals surface area contributed by atoms with E-state index in [4.69, 9.17) is 9.47 Å². The Morgan fingerprint density at radius 3 is 3.10 bits per heavy atom. The maximum atomic E-state index is 5.39. The first-order valence-corrected chi connectivity index (χ1v) is 7.06. The van der Waals surface area contributed by atoms with Gasteiger partial charge in [0.05, 0.1) is 18.6 Å². The standard InChI is InChI=1S/C14H11N3O2S/c1-2-12-13(19-9-18-12)5-10(1)14-16-11(7-20-14)6-17-4-3-15-8-17/h1-5,7-8H,6,9H2. The van der Waals surface area contributed by atoms with Crippen LogP contribution in [0.25, 0.3) is 10.6 Å². The molecule has 3 heterocycles. The van der Waals surface area contributed by atoms with Gasteiger partial charge in [-0.2, -0.15) is 0 Å². The Morgan fingerprint density at radius 2 is 2.20 bits per heavy atom. The Labute approximate surface area is 119 Å². The van der Waals surface area contributed by atoms with Crippen molar-refractivity contribution in [2.24, 2.45) is 0 Å². The fraction of sp³-hybridized carbons (Fsp3) is 0.143. The third-order valence-corrected chi connectivity index (χ3v) is 4.02. The van der Waals surface area contributed by atoms with Crippen LogP contribution >= 0.6 is 11.3 Å². The number of rotatable bonds is 3. The van der Waals surface area contributed by atoms with Gasteiger partial charge in [0.1, 0.15) is 5.01 Å². The molecule has 0 radical (unpaired) electrons. The van der Waals surface area contributed by atoms with Gasteiger partial charge in [0, 0.05) is 23.3 Å². The van der Waals surface area contributed by atoms with Crippen molar-refractivity contribution in [3.63, 3.8) is 0 Å². The second-order valence-corrected chi connectivity index (χ2v) is 5.31. The maximum absolute atomic E-state index is 5.39. The molecule has 0 spiro atoms. The van der Waals surface area contributed by atoms with Gasteiger partial charge in [-0.3, -0.25) is 0 Å². The summed E-state index contributed by atoms with van der Waals surface area (Å²) < 4.78 is 12.7. The normalized spacial score (nSPS) is 12.8. The molecule has 4 rings (SSSR count). The van der Waals surface area contributed by atoms with Gasteiger partial charge in [0.15, 0.2) is 11.5 Å². The van der Waals surface area contributed by atoms with Crippen molar-refractivity contribution >= 4 is 11.3 Å². The van der Waals surface area contributed by atoms with Crippen LogP contribution in [-0.4, -0.2) is 21.3 Å². The van der Waals surface area contributed by atoms with Crippen LogP contribution < -0.4 is 9.47 Å². The number of nitrogens with zero attached hydrogens (tertiary/aromatic N) is 3. The molecule has 0 fully saturated rings. The van der Waals surface area contributed by atoms with E-state index in [1.54, 1.807) is 23.9 Å². The molecule has 2 aromatic heterocycles. The molecular formula is C14H11N3O2S. The highest BCUT2D eigenvalue weighted by atomic mass is 32.1. The van der Waals surface area contributed by atoms with Gasteiger partial charge in [-0.1, -0.05) is 0 Å². The predicted octanol–water partition coefficient (Wildman–Crippen LogP) is 2.78. The Bertz CT molecular complexity index is 737. The summed E-state index contributed by atoms with van der Waals surface area (Å²) in [5.41, 5.74) is 2.08. The highest BCUT2D eigenvalue weighted by molar-refractivity contribution is 7.13. The first-order chi connectivity index (χ1) is 9.88. The molecule has 0 bridgehead atoms. The van der Waals surface area contributed by atoms with Crippen LogP contribution in [0.1, 0.15) is 5.69 Å². The summed E-state index contributed by atoms with van der Waals surface area (Å²) in [6, 6.07) is 5.91. The number of imidazole rings is 1. The number of fused-ring (bicyclic) bond motifs is 1. The van der Waals surface area contributed by atoms with Crippen LogP contribution in [-0.2, 0) is 6.54 Å². The van der Waals surface area contributed by atoms with E-state index in [-0.39, 0.29) is 0 Å². The average molecular weight is 285 g/mol. The van der Waals surface area contributed by atoms with Crippen LogP contribution in [0.5, 0.6) is 11.5 Å². The molecule has 1 aliphatic heterocycles. The lowest BCUT2D eigenvalue weighted by Crippen LogP contribution is -1.96. The predicted molar refractivity (Wildman–Crippen MR) is 75.0 cm³/mol. The summed E-state index contributed by atoms with van der Waals surface area (Å²) in [5, 5.41) is 3.05. The van der Waals surface area contributed by atoms with Crippen molar-refractivity contribution in [3.05, 3.63) is 48.0 Å². The molecule has 20 heavy (non-hydrogen) atoms. The van der Waals surface area contributed by atoms with Gasteiger partial charge in [-0.05, 0) is 18.2 Å². The molecule has 6 heteroatoms. The van der Waals surface area contributed by atoms with E-state index in [1.165, 1.54) is 0 Å². The Balaban J connectivity index is 1.61. The van der Waals surface area contributed by atoms with E-state index in [9.17, 15) is 0 Å². The van der Waals surface area contributed by atoms with Crippen LogP contribution in [0.2, 0.25) is 0 Å². The fourth-order valence-electron chi connectivity index (χ4n) is 2.11. The molecule has 3 aromatic rings. The molecule has 0 saturated heterocycles. The largest absolute Gasteiger partial charge is 0.454 e. The highest BCUT2D eigenvalue weighted by Crippen LogP contribution is 2.36. The van der Waals surface area contributed by atoms with Crippen molar-refractivity contribution in [1.29, 1.82) is 0 Å².